The van der Waals surface area contributed by atoms with Crippen LogP contribution in [-0.2, 0) is 11.2 Å². The molecule has 0 aliphatic carbocycles. The molecule has 0 bridgehead atoms. The molecule has 1 aromatic carbocycles. The summed E-state index contributed by atoms with van der Waals surface area (Å²) < 4.78 is 0. The molecule has 1 aliphatic heterocycles. The normalized spacial score (nSPS) is 21.3. The molecule has 1 heterocycles. The van der Waals surface area contributed by atoms with Gasteiger partial charge in [0.15, 0.2) is 0 Å². The lowest BCUT2D eigenvalue weighted by molar-refractivity contribution is -0.148. The molecule has 1 aliphatic rings. The quantitative estimate of drug-likeness (QED) is 0.874. The third-order valence-electron chi connectivity index (χ3n) is 3.71. The molecule has 0 fully saturated rings. The Morgan fingerprint density at radius 1 is 1.50 bits per heavy atom. The highest BCUT2D eigenvalue weighted by molar-refractivity contribution is 8.00. The number of carboxylic acid groups (broad SMARTS) is 1. The summed E-state index contributed by atoms with van der Waals surface area (Å²) in [4.78, 5) is 12.8. The van der Waals surface area contributed by atoms with Gasteiger partial charge in [-0.25, -0.2) is 0 Å². The van der Waals surface area contributed by atoms with Gasteiger partial charge in [-0.15, -0.1) is 11.8 Å². The third-order valence-corrected chi connectivity index (χ3v) is 5.03. The van der Waals surface area contributed by atoms with Crippen LogP contribution in [0.2, 0.25) is 0 Å². The summed E-state index contributed by atoms with van der Waals surface area (Å²) in [6.45, 7) is 3.94. The molecule has 2 unspecified atom stereocenters. The molecule has 3 heteroatoms. The molecule has 2 atom stereocenters. The van der Waals surface area contributed by atoms with Crippen LogP contribution >= 0.6 is 11.8 Å². The van der Waals surface area contributed by atoms with Gasteiger partial charge in [-0.05, 0) is 37.8 Å². The van der Waals surface area contributed by atoms with Gasteiger partial charge in [0.1, 0.15) is 0 Å². The molecular formula is C15H20O2S. The van der Waals surface area contributed by atoms with Crippen LogP contribution in [-0.4, -0.2) is 16.3 Å². The van der Waals surface area contributed by atoms with E-state index in [1.165, 1.54) is 10.5 Å². The van der Waals surface area contributed by atoms with Crippen molar-refractivity contribution in [2.45, 2.75) is 49.7 Å². The second-order valence-electron chi connectivity index (χ2n) is 5.37. The van der Waals surface area contributed by atoms with Crippen molar-refractivity contribution >= 4 is 17.7 Å². The van der Waals surface area contributed by atoms with Crippen molar-refractivity contribution in [1.82, 2.24) is 0 Å². The number of carboxylic acids is 1. The van der Waals surface area contributed by atoms with Crippen molar-refractivity contribution in [2.75, 3.05) is 0 Å². The lowest BCUT2D eigenvalue weighted by Crippen LogP contribution is -2.31. The lowest BCUT2D eigenvalue weighted by Gasteiger charge is -2.27. The minimum absolute atomic E-state index is 0.412. The number of thioether (sulfide) groups is 1. The van der Waals surface area contributed by atoms with Gasteiger partial charge in [-0.3, -0.25) is 4.79 Å². The first kappa shape index (κ1) is 13.5. The van der Waals surface area contributed by atoms with Crippen molar-refractivity contribution in [1.29, 1.82) is 0 Å². The number of fused-ring (bicyclic) bond motifs is 1. The van der Waals surface area contributed by atoms with Crippen LogP contribution in [0.5, 0.6) is 0 Å². The molecular weight excluding hydrogens is 244 g/mol. The highest BCUT2D eigenvalue weighted by Gasteiger charge is 2.37. The Labute approximate surface area is 113 Å². The summed E-state index contributed by atoms with van der Waals surface area (Å²) in [6, 6.07) is 8.40. The van der Waals surface area contributed by atoms with E-state index in [-0.39, 0.29) is 0 Å². The lowest BCUT2D eigenvalue weighted by atomic mass is 9.80. The second-order valence-corrected chi connectivity index (χ2v) is 6.71. The highest BCUT2D eigenvalue weighted by atomic mass is 32.2. The van der Waals surface area contributed by atoms with E-state index in [1.54, 1.807) is 0 Å². The van der Waals surface area contributed by atoms with E-state index in [9.17, 15) is 9.90 Å². The Morgan fingerprint density at radius 2 is 2.22 bits per heavy atom. The molecule has 0 spiro atoms. The fourth-order valence-corrected chi connectivity index (χ4v) is 4.25. The smallest absolute Gasteiger partial charge is 0.309 e. The minimum atomic E-state index is -0.652. The van der Waals surface area contributed by atoms with Crippen LogP contribution in [0.15, 0.2) is 29.2 Å². The van der Waals surface area contributed by atoms with Crippen molar-refractivity contribution in [3.8, 4) is 0 Å². The zero-order valence-corrected chi connectivity index (χ0v) is 11.8. The Morgan fingerprint density at radius 3 is 2.83 bits per heavy atom. The maximum Gasteiger partial charge on any atom is 0.309 e. The van der Waals surface area contributed by atoms with Gasteiger partial charge in [-0.1, -0.05) is 31.5 Å². The van der Waals surface area contributed by atoms with Crippen LogP contribution in [0.1, 0.15) is 38.7 Å². The Hall–Kier alpha value is -0.960. The number of rotatable bonds is 5. The molecule has 2 rings (SSSR count). The zero-order valence-electron chi connectivity index (χ0n) is 11.0. The highest BCUT2D eigenvalue weighted by Crippen LogP contribution is 2.43. The molecule has 0 amide bonds. The Bertz CT molecular complexity index is 419. The van der Waals surface area contributed by atoms with Gasteiger partial charge in [0.05, 0.1) is 5.41 Å². The van der Waals surface area contributed by atoms with E-state index < -0.39 is 11.4 Å². The van der Waals surface area contributed by atoms with E-state index in [0.29, 0.717) is 5.25 Å². The molecule has 2 nitrogen and oxygen atoms in total. The summed E-state index contributed by atoms with van der Waals surface area (Å²) in [5.41, 5.74) is 0.797. The number of carbonyl (C=O) groups is 1. The average molecular weight is 264 g/mol. The van der Waals surface area contributed by atoms with E-state index in [4.69, 9.17) is 0 Å². The van der Waals surface area contributed by atoms with E-state index in [1.807, 2.05) is 18.7 Å². The number of hydrogen-bond donors (Lipinski definition) is 1. The Balaban J connectivity index is 2.06. The molecule has 0 aromatic heterocycles. The average Bonchev–Trinajstić information content (AvgIpc) is 2.70. The first-order valence-corrected chi connectivity index (χ1v) is 7.41. The summed E-state index contributed by atoms with van der Waals surface area (Å²) in [5.74, 6) is -0.652. The second kappa shape index (κ2) is 5.35. The maximum atomic E-state index is 11.5. The molecule has 0 saturated carbocycles. The van der Waals surface area contributed by atoms with Crippen molar-refractivity contribution in [2.24, 2.45) is 5.41 Å². The van der Waals surface area contributed by atoms with E-state index in [2.05, 4.69) is 31.2 Å². The topological polar surface area (TPSA) is 37.3 Å². The molecule has 98 valence electrons. The molecule has 0 radical (unpaired) electrons. The van der Waals surface area contributed by atoms with Crippen molar-refractivity contribution in [3.05, 3.63) is 29.8 Å². The molecule has 1 aromatic rings. The molecule has 18 heavy (non-hydrogen) atoms. The predicted molar refractivity (Wildman–Crippen MR) is 75.1 cm³/mol. The summed E-state index contributed by atoms with van der Waals surface area (Å²) >= 11 is 1.84. The molecule has 0 saturated heterocycles. The standard InChI is InChI=1S/C15H20O2S/c1-3-8-15(2,14(16)17)10-12-9-11-6-4-5-7-13(11)18-12/h4-7,12H,3,8-10H2,1-2H3,(H,16,17). The third kappa shape index (κ3) is 2.72. The fourth-order valence-electron chi connectivity index (χ4n) is 2.72. The molecule has 1 N–H and O–H groups in total. The zero-order chi connectivity index (χ0) is 13.2. The minimum Gasteiger partial charge on any atom is -0.481 e. The van der Waals surface area contributed by atoms with Crippen LogP contribution in [0.4, 0.5) is 0 Å². The van der Waals surface area contributed by atoms with Gasteiger partial charge >= 0.3 is 5.97 Å². The summed E-state index contributed by atoms with van der Waals surface area (Å²) in [5, 5.41) is 9.84. The first-order chi connectivity index (χ1) is 8.55. The van der Waals surface area contributed by atoms with Crippen molar-refractivity contribution < 1.29 is 9.90 Å². The van der Waals surface area contributed by atoms with Crippen molar-refractivity contribution in [3.63, 3.8) is 0 Å². The van der Waals surface area contributed by atoms with Gasteiger partial charge in [-0.2, -0.15) is 0 Å². The summed E-state index contributed by atoms with van der Waals surface area (Å²) in [6.07, 6.45) is 3.45. The van der Waals surface area contributed by atoms with Crippen LogP contribution in [0.25, 0.3) is 0 Å². The number of benzene rings is 1. The SMILES string of the molecule is CCCC(C)(CC1Cc2ccccc2S1)C(=O)O. The van der Waals surface area contributed by atoms with E-state index >= 15 is 0 Å². The van der Waals surface area contributed by atoms with Gasteiger partial charge in [0, 0.05) is 10.1 Å². The van der Waals surface area contributed by atoms with Crippen LogP contribution in [0.3, 0.4) is 0 Å². The van der Waals surface area contributed by atoms with Gasteiger partial charge in [0.2, 0.25) is 0 Å². The fraction of sp³-hybridized carbons (Fsp3) is 0.533. The Kier molecular flexibility index (Phi) is 4.00. The number of aliphatic carboxylic acids is 1. The van der Waals surface area contributed by atoms with Gasteiger partial charge < -0.3 is 5.11 Å². The van der Waals surface area contributed by atoms with Gasteiger partial charge in [0.25, 0.3) is 0 Å². The maximum absolute atomic E-state index is 11.5. The predicted octanol–water partition coefficient (Wildman–Crippen LogP) is 3.98. The monoisotopic (exact) mass is 264 g/mol. The van der Waals surface area contributed by atoms with E-state index in [0.717, 1.165) is 25.7 Å². The largest absolute Gasteiger partial charge is 0.481 e. The number of hydrogen-bond acceptors (Lipinski definition) is 2. The first-order valence-electron chi connectivity index (χ1n) is 6.53. The van der Waals surface area contributed by atoms with Crippen LogP contribution in [0, 0.1) is 5.41 Å². The summed E-state index contributed by atoms with van der Waals surface area (Å²) in [7, 11) is 0. The van der Waals surface area contributed by atoms with Crippen LogP contribution < -0.4 is 0 Å².